The molecule has 4 aliphatic carbocycles. The van der Waals surface area contributed by atoms with Gasteiger partial charge < -0.3 is 9.80 Å². The number of carbonyl (C=O) groups is 2. The van der Waals surface area contributed by atoms with E-state index in [4.69, 9.17) is 0 Å². The lowest BCUT2D eigenvalue weighted by Gasteiger charge is -2.57. The van der Waals surface area contributed by atoms with Crippen molar-refractivity contribution in [3.63, 3.8) is 0 Å². The predicted molar refractivity (Wildman–Crippen MR) is 114 cm³/mol. The minimum Gasteiger partial charge on any atom is -0.339 e. The van der Waals surface area contributed by atoms with Crippen LogP contribution in [0.15, 0.2) is 30.3 Å². The Morgan fingerprint density at radius 1 is 0.844 bits per heavy atom. The van der Waals surface area contributed by atoms with E-state index in [1.807, 2.05) is 4.90 Å². The fourth-order valence-electron chi connectivity index (χ4n) is 6.89. The van der Waals surface area contributed by atoms with E-state index in [9.17, 15) is 22.8 Å². The second kappa shape index (κ2) is 7.92. The Kier molecular flexibility index (Phi) is 5.33. The van der Waals surface area contributed by atoms with Crippen molar-refractivity contribution < 1.29 is 22.8 Å². The first-order chi connectivity index (χ1) is 15.2. The zero-order chi connectivity index (χ0) is 22.5. The van der Waals surface area contributed by atoms with Crippen LogP contribution in [0.5, 0.6) is 0 Å². The predicted octanol–water partition coefficient (Wildman–Crippen LogP) is 4.61. The fourth-order valence-corrected chi connectivity index (χ4v) is 6.89. The first-order valence-electron chi connectivity index (χ1n) is 11.7. The lowest BCUT2D eigenvalue weighted by Crippen LogP contribution is -2.58. The molecule has 0 aromatic heterocycles. The Labute approximate surface area is 186 Å². The van der Waals surface area contributed by atoms with E-state index in [1.54, 1.807) is 4.90 Å². The van der Waals surface area contributed by atoms with Gasteiger partial charge in [0, 0.05) is 32.3 Å². The first-order valence-corrected chi connectivity index (χ1v) is 11.7. The van der Waals surface area contributed by atoms with Gasteiger partial charge in [-0.1, -0.05) is 12.1 Å². The maximum Gasteiger partial charge on any atom is 0.416 e. The first kappa shape index (κ1) is 21.5. The van der Waals surface area contributed by atoms with Gasteiger partial charge in [0.05, 0.1) is 11.0 Å². The number of benzene rings is 1. The van der Waals surface area contributed by atoms with Gasteiger partial charge in [0.25, 0.3) is 0 Å². The standard InChI is InChI=1S/C25H29F3N2O2/c26-25(27,28)21-4-1-17(2-5-21)3-6-22(31)29-7-9-30(10-8-29)23(32)24-14-18-11-19(15-24)13-20(12-18)16-24/h1-6,18-20H,7-16H2/b6-3+. The van der Waals surface area contributed by atoms with Gasteiger partial charge in [-0.15, -0.1) is 0 Å². The summed E-state index contributed by atoms with van der Waals surface area (Å²) in [5, 5.41) is 0. The van der Waals surface area contributed by atoms with Crippen LogP contribution in [0, 0.1) is 23.2 Å². The molecule has 6 rings (SSSR count). The molecule has 4 nitrogen and oxygen atoms in total. The molecule has 1 heterocycles. The quantitative estimate of drug-likeness (QED) is 0.637. The molecule has 0 spiro atoms. The number of halogens is 3. The van der Waals surface area contributed by atoms with Gasteiger partial charge >= 0.3 is 6.18 Å². The monoisotopic (exact) mass is 446 g/mol. The van der Waals surface area contributed by atoms with Gasteiger partial charge in [-0.2, -0.15) is 13.2 Å². The summed E-state index contributed by atoms with van der Waals surface area (Å²) in [5.41, 5.74) is -0.313. The summed E-state index contributed by atoms with van der Waals surface area (Å²) in [6, 6.07) is 4.74. The third kappa shape index (κ3) is 4.06. The Morgan fingerprint density at radius 2 is 1.34 bits per heavy atom. The number of alkyl halides is 3. The highest BCUT2D eigenvalue weighted by Crippen LogP contribution is 2.60. The Morgan fingerprint density at radius 3 is 1.84 bits per heavy atom. The van der Waals surface area contributed by atoms with Crippen molar-refractivity contribution in [1.29, 1.82) is 0 Å². The molecule has 7 heteroatoms. The number of hydrogen-bond acceptors (Lipinski definition) is 2. The highest BCUT2D eigenvalue weighted by molar-refractivity contribution is 5.92. The number of nitrogens with zero attached hydrogens (tertiary/aromatic N) is 2. The maximum atomic E-state index is 13.5. The molecular weight excluding hydrogens is 417 g/mol. The summed E-state index contributed by atoms with van der Waals surface area (Å²) in [4.78, 5) is 29.7. The van der Waals surface area contributed by atoms with Crippen LogP contribution in [0.4, 0.5) is 13.2 Å². The molecule has 1 aromatic rings. The third-order valence-electron chi connectivity index (χ3n) is 8.03. The van der Waals surface area contributed by atoms with Crippen LogP contribution in [-0.2, 0) is 15.8 Å². The van der Waals surface area contributed by atoms with Crippen molar-refractivity contribution >= 4 is 17.9 Å². The van der Waals surface area contributed by atoms with Crippen molar-refractivity contribution in [2.24, 2.45) is 23.2 Å². The molecular formula is C25H29F3N2O2. The maximum absolute atomic E-state index is 13.5. The normalized spacial score (nSPS) is 32.0. The van der Waals surface area contributed by atoms with E-state index in [0.717, 1.165) is 49.1 Å². The molecule has 172 valence electrons. The summed E-state index contributed by atoms with van der Waals surface area (Å²) < 4.78 is 38.0. The molecule has 32 heavy (non-hydrogen) atoms. The van der Waals surface area contributed by atoms with E-state index in [0.29, 0.717) is 37.6 Å². The molecule has 5 aliphatic rings. The molecule has 1 aliphatic heterocycles. The zero-order valence-corrected chi connectivity index (χ0v) is 18.1. The number of rotatable bonds is 3. The van der Waals surface area contributed by atoms with Crippen molar-refractivity contribution in [1.82, 2.24) is 9.80 Å². The van der Waals surface area contributed by atoms with Gasteiger partial charge in [0.2, 0.25) is 11.8 Å². The lowest BCUT2D eigenvalue weighted by molar-refractivity contribution is -0.160. The zero-order valence-electron chi connectivity index (χ0n) is 18.1. The second-order valence-corrected chi connectivity index (χ2v) is 10.3. The number of carbonyl (C=O) groups excluding carboxylic acids is 2. The van der Waals surface area contributed by atoms with Crippen LogP contribution >= 0.6 is 0 Å². The number of piperazine rings is 1. The van der Waals surface area contributed by atoms with Crippen LogP contribution < -0.4 is 0 Å². The van der Waals surface area contributed by atoms with Crippen LogP contribution in [0.25, 0.3) is 6.08 Å². The van der Waals surface area contributed by atoms with E-state index in [-0.39, 0.29) is 11.3 Å². The molecule has 5 fully saturated rings. The summed E-state index contributed by atoms with van der Waals surface area (Å²) in [5.74, 6) is 2.31. The summed E-state index contributed by atoms with van der Waals surface area (Å²) in [7, 11) is 0. The van der Waals surface area contributed by atoms with Crippen LogP contribution in [0.2, 0.25) is 0 Å². The average molecular weight is 447 g/mol. The summed E-state index contributed by atoms with van der Waals surface area (Å²) in [6.45, 7) is 2.10. The topological polar surface area (TPSA) is 40.6 Å². The fraction of sp³-hybridized carbons (Fsp3) is 0.600. The summed E-state index contributed by atoms with van der Waals surface area (Å²) >= 11 is 0. The molecule has 4 saturated carbocycles. The SMILES string of the molecule is O=C(/C=C/c1ccc(C(F)(F)F)cc1)N1CCN(C(=O)C23CC4CC(CC(C4)C2)C3)CC1. The minimum atomic E-state index is -4.37. The second-order valence-electron chi connectivity index (χ2n) is 10.3. The number of hydrogen-bond donors (Lipinski definition) is 0. The molecule has 0 radical (unpaired) electrons. The smallest absolute Gasteiger partial charge is 0.339 e. The van der Waals surface area contributed by atoms with Gasteiger partial charge in [0.15, 0.2) is 0 Å². The molecule has 0 atom stereocenters. The molecule has 2 amide bonds. The van der Waals surface area contributed by atoms with Crippen molar-refractivity contribution in [3.05, 3.63) is 41.5 Å². The van der Waals surface area contributed by atoms with Crippen molar-refractivity contribution in [3.8, 4) is 0 Å². The van der Waals surface area contributed by atoms with Gasteiger partial charge in [-0.05, 0) is 80.1 Å². The molecule has 4 bridgehead atoms. The van der Waals surface area contributed by atoms with Gasteiger partial charge in [0.1, 0.15) is 0 Å². The van der Waals surface area contributed by atoms with Gasteiger partial charge in [-0.25, -0.2) is 0 Å². The largest absolute Gasteiger partial charge is 0.416 e. The van der Waals surface area contributed by atoms with Crippen LogP contribution in [0.1, 0.15) is 49.7 Å². The van der Waals surface area contributed by atoms with E-state index in [2.05, 4.69) is 0 Å². The highest BCUT2D eigenvalue weighted by atomic mass is 19.4. The van der Waals surface area contributed by atoms with Crippen LogP contribution in [-0.4, -0.2) is 47.8 Å². The van der Waals surface area contributed by atoms with E-state index in [1.165, 1.54) is 43.5 Å². The third-order valence-corrected chi connectivity index (χ3v) is 8.03. The molecule has 0 N–H and O–H groups in total. The minimum absolute atomic E-state index is 0.149. The van der Waals surface area contributed by atoms with E-state index >= 15 is 0 Å². The van der Waals surface area contributed by atoms with E-state index < -0.39 is 11.7 Å². The van der Waals surface area contributed by atoms with Crippen molar-refractivity contribution in [2.75, 3.05) is 26.2 Å². The van der Waals surface area contributed by atoms with Crippen molar-refractivity contribution in [2.45, 2.75) is 44.7 Å². The summed E-state index contributed by atoms with van der Waals surface area (Å²) in [6.07, 6.45) is 5.63. The molecule has 1 saturated heterocycles. The van der Waals surface area contributed by atoms with Crippen LogP contribution in [0.3, 0.4) is 0 Å². The average Bonchev–Trinajstić information content (AvgIpc) is 2.76. The molecule has 0 unspecified atom stereocenters. The molecule has 1 aromatic carbocycles. The highest BCUT2D eigenvalue weighted by Gasteiger charge is 2.55. The lowest BCUT2D eigenvalue weighted by atomic mass is 9.49. The Bertz CT molecular complexity index is 879. The Balaban J connectivity index is 1.16. The Hall–Kier alpha value is -2.31. The number of amides is 2. The van der Waals surface area contributed by atoms with Gasteiger partial charge in [-0.3, -0.25) is 9.59 Å².